The summed E-state index contributed by atoms with van der Waals surface area (Å²) < 4.78 is 31.5. The van der Waals surface area contributed by atoms with E-state index in [1.165, 1.54) is 18.6 Å². The van der Waals surface area contributed by atoms with Crippen molar-refractivity contribution in [2.45, 2.75) is 13.0 Å². The molecule has 0 spiro atoms. The van der Waals surface area contributed by atoms with Crippen LogP contribution in [0.3, 0.4) is 0 Å². The molecule has 30 heavy (non-hydrogen) atoms. The Labute approximate surface area is 171 Å². The smallest absolute Gasteiger partial charge is 0.250 e. The van der Waals surface area contributed by atoms with Crippen molar-refractivity contribution < 1.29 is 23.4 Å². The van der Waals surface area contributed by atoms with E-state index in [0.717, 1.165) is 5.56 Å². The maximum absolute atomic E-state index is 14.3. The monoisotopic (exact) mass is 416 g/mol. The fourth-order valence-corrected chi connectivity index (χ4v) is 3.21. The average molecular weight is 416 g/mol. The van der Waals surface area contributed by atoms with Gasteiger partial charge in [0.2, 0.25) is 5.95 Å². The summed E-state index contributed by atoms with van der Waals surface area (Å²) in [5.74, 6) is 0.478. The second kappa shape index (κ2) is 9.01. The Morgan fingerprint density at radius 2 is 2.27 bits per heavy atom. The van der Waals surface area contributed by atoms with E-state index < -0.39 is 0 Å². The number of hydrogen-bond donors (Lipinski definition) is 2. The normalized spacial score (nSPS) is 12.6. The number of fused-ring (bicyclic) bond motifs is 2. The van der Waals surface area contributed by atoms with Gasteiger partial charge in [0.1, 0.15) is 30.2 Å². The third-order valence-corrected chi connectivity index (χ3v) is 4.64. The zero-order valence-corrected chi connectivity index (χ0v) is 16.4. The van der Waals surface area contributed by atoms with Crippen LogP contribution >= 0.6 is 0 Å². The highest BCUT2D eigenvalue weighted by Crippen LogP contribution is 2.30. The Morgan fingerprint density at radius 3 is 3.13 bits per heavy atom. The van der Waals surface area contributed by atoms with Crippen LogP contribution in [0.2, 0.25) is 0 Å². The second-order valence-corrected chi connectivity index (χ2v) is 6.57. The quantitative estimate of drug-likeness (QED) is 0.504. The molecule has 0 unspecified atom stereocenters. The van der Waals surface area contributed by atoms with Crippen molar-refractivity contribution >= 4 is 23.2 Å². The Balaban J connectivity index is 1.47. The van der Waals surface area contributed by atoms with E-state index in [4.69, 9.17) is 14.2 Å². The summed E-state index contributed by atoms with van der Waals surface area (Å²) in [5.41, 5.74) is 2.19. The molecule has 3 heterocycles. The Bertz CT molecular complexity index is 1060. The molecule has 3 aromatic rings. The first-order valence-corrected chi connectivity index (χ1v) is 9.39. The fraction of sp³-hybridized carbons (Fsp3) is 0.368. The predicted molar refractivity (Wildman–Crippen MR) is 105 cm³/mol. The van der Waals surface area contributed by atoms with E-state index in [1.54, 1.807) is 17.6 Å². The van der Waals surface area contributed by atoms with Gasteiger partial charge in [0, 0.05) is 31.2 Å². The lowest BCUT2D eigenvalue weighted by atomic mass is 10.0. The molecular weight excluding hydrogens is 395 g/mol. The van der Waals surface area contributed by atoms with Gasteiger partial charge in [0.05, 0.1) is 26.0 Å². The minimum atomic E-state index is -0.347. The molecule has 0 radical (unpaired) electrons. The van der Waals surface area contributed by atoms with Crippen molar-refractivity contribution in [3.63, 3.8) is 0 Å². The summed E-state index contributed by atoms with van der Waals surface area (Å²) in [6, 6.07) is 3.05. The van der Waals surface area contributed by atoms with Crippen LogP contribution in [0.4, 0.5) is 16.0 Å². The Kier molecular flexibility index (Phi) is 6.00. The van der Waals surface area contributed by atoms with E-state index in [2.05, 4.69) is 25.8 Å². The van der Waals surface area contributed by atoms with Crippen LogP contribution < -0.4 is 15.4 Å². The summed E-state index contributed by atoms with van der Waals surface area (Å²) in [6.45, 7) is 1.36. The van der Waals surface area contributed by atoms with Crippen molar-refractivity contribution in [1.82, 2.24) is 19.6 Å². The molecule has 10 nitrogen and oxygen atoms in total. The molecule has 0 saturated carbocycles. The van der Waals surface area contributed by atoms with E-state index in [0.29, 0.717) is 54.8 Å². The molecular formula is C19H21FN6O4. The third-order valence-electron chi connectivity index (χ3n) is 4.64. The van der Waals surface area contributed by atoms with Crippen LogP contribution in [0.1, 0.15) is 11.1 Å². The third kappa shape index (κ3) is 4.16. The lowest BCUT2D eigenvalue weighted by Gasteiger charge is -2.13. The van der Waals surface area contributed by atoms with Crippen LogP contribution in [0, 0.1) is 5.82 Å². The van der Waals surface area contributed by atoms with Gasteiger partial charge in [-0.15, -0.1) is 10.2 Å². The predicted octanol–water partition coefficient (Wildman–Crippen LogP) is 1.41. The van der Waals surface area contributed by atoms with Crippen molar-refractivity contribution in [2.24, 2.45) is 0 Å². The summed E-state index contributed by atoms with van der Waals surface area (Å²) in [6.07, 6.45) is 3.59. The van der Waals surface area contributed by atoms with Crippen LogP contribution in [0.25, 0.3) is 5.65 Å². The van der Waals surface area contributed by atoms with E-state index in [9.17, 15) is 9.18 Å². The number of nitrogens with one attached hydrogen (secondary N) is 2. The van der Waals surface area contributed by atoms with Crippen molar-refractivity contribution in [3.05, 3.63) is 41.6 Å². The van der Waals surface area contributed by atoms with Gasteiger partial charge in [0.25, 0.3) is 5.91 Å². The van der Waals surface area contributed by atoms with Crippen LogP contribution in [-0.2, 0) is 27.2 Å². The Hall–Kier alpha value is -3.31. The number of hydrogen-bond acceptors (Lipinski definition) is 8. The van der Waals surface area contributed by atoms with Crippen molar-refractivity contribution in [2.75, 3.05) is 44.2 Å². The SMILES string of the molecule is COCCOCC(=O)Nc1cnc(NCc2c(F)ccc3c2CCO3)n2cnnc12. The van der Waals surface area contributed by atoms with Gasteiger partial charge >= 0.3 is 0 Å². The molecule has 2 N–H and O–H groups in total. The minimum Gasteiger partial charge on any atom is -0.493 e. The lowest BCUT2D eigenvalue weighted by molar-refractivity contribution is -0.121. The number of ether oxygens (including phenoxy) is 3. The summed E-state index contributed by atoms with van der Waals surface area (Å²) >= 11 is 0. The molecule has 0 fully saturated rings. The topological polar surface area (TPSA) is 112 Å². The van der Waals surface area contributed by atoms with E-state index in [1.807, 2.05) is 0 Å². The number of aromatic nitrogens is 4. The number of methoxy groups -OCH3 is 1. The van der Waals surface area contributed by atoms with Gasteiger partial charge in [-0.25, -0.2) is 13.8 Å². The number of halogens is 1. The van der Waals surface area contributed by atoms with E-state index >= 15 is 0 Å². The Morgan fingerprint density at radius 1 is 1.37 bits per heavy atom. The molecule has 0 saturated heterocycles. The van der Waals surface area contributed by atoms with Gasteiger partial charge in [-0.1, -0.05) is 0 Å². The minimum absolute atomic E-state index is 0.121. The van der Waals surface area contributed by atoms with E-state index in [-0.39, 0.29) is 24.9 Å². The van der Waals surface area contributed by atoms with Gasteiger partial charge in [0.15, 0.2) is 5.65 Å². The lowest BCUT2D eigenvalue weighted by Crippen LogP contribution is -2.20. The first kappa shape index (κ1) is 20.0. The number of amides is 1. The molecule has 158 valence electrons. The zero-order chi connectivity index (χ0) is 20.9. The molecule has 2 aromatic heterocycles. The molecule has 1 aliphatic heterocycles. The fourth-order valence-electron chi connectivity index (χ4n) is 3.21. The molecule has 4 rings (SSSR count). The van der Waals surface area contributed by atoms with Gasteiger partial charge in [-0.3, -0.25) is 4.79 Å². The number of rotatable bonds is 9. The van der Waals surface area contributed by atoms with Crippen molar-refractivity contribution in [1.29, 1.82) is 0 Å². The molecule has 11 heteroatoms. The number of carbonyl (C=O) groups excluding carboxylic acids is 1. The molecule has 1 aliphatic rings. The molecule has 0 bridgehead atoms. The highest BCUT2D eigenvalue weighted by molar-refractivity contribution is 5.95. The van der Waals surface area contributed by atoms with Crippen LogP contribution in [0.5, 0.6) is 5.75 Å². The summed E-state index contributed by atoms with van der Waals surface area (Å²) in [7, 11) is 1.56. The van der Waals surface area contributed by atoms with Crippen LogP contribution in [-0.4, -0.2) is 59.0 Å². The molecule has 0 aliphatic carbocycles. The summed E-state index contributed by atoms with van der Waals surface area (Å²) in [5, 5.41) is 13.7. The first-order chi connectivity index (χ1) is 14.7. The highest BCUT2D eigenvalue weighted by atomic mass is 19.1. The second-order valence-electron chi connectivity index (χ2n) is 6.57. The largest absolute Gasteiger partial charge is 0.493 e. The van der Waals surface area contributed by atoms with Gasteiger partial charge < -0.3 is 24.8 Å². The standard InChI is InChI=1S/C19H21FN6O4/c1-28-6-7-29-10-17(27)24-15-9-22-19(26-11-23-25-18(15)26)21-8-13-12-4-5-30-16(12)3-2-14(13)20/h2-3,9,11H,4-8,10H2,1H3,(H,21,22)(H,24,27). The van der Waals surface area contributed by atoms with Crippen LogP contribution in [0.15, 0.2) is 24.7 Å². The first-order valence-electron chi connectivity index (χ1n) is 9.39. The molecule has 1 aromatic carbocycles. The highest BCUT2D eigenvalue weighted by Gasteiger charge is 2.20. The maximum atomic E-state index is 14.3. The van der Waals surface area contributed by atoms with Crippen molar-refractivity contribution in [3.8, 4) is 5.75 Å². The van der Waals surface area contributed by atoms with Gasteiger partial charge in [-0.2, -0.15) is 0 Å². The summed E-state index contributed by atoms with van der Waals surface area (Å²) in [4.78, 5) is 16.4. The van der Waals surface area contributed by atoms with Gasteiger partial charge in [-0.05, 0) is 12.1 Å². The number of carbonyl (C=O) groups is 1. The zero-order valence-electron chi connectivity index (χ0n) is 16.4. The number of anilines is 2. The molecule has 1 amide bonds. The number of benzene rings is 1. The number of nitrogens with zero attached hydrogens (tertiary/aromatic N) is 4. The maximum Gasteiger partial charge on any atom is 0.250 e. The molecule has 0 atom stereocenters. The average Bonchev–Trinajstić information content (AvgIpc) is 3.41.